The van der Waals surface area contributed by atoms with Gasteiger partial charge in [0, 0.05) is 16.8 Å². The second-order valence-corrected chi connectivity index (χ2v) is 6.68. The van der Waals surface area contributed by atoms with Crippen molar-refractivity contribution < 1.29 is 14.3 Å². The number of esters is 1. The zero-order valence-corrected chi connectivity index (χ0v) is 15.9. The van der Waals surface area contributed by atoms with Crippen molar-refractivity contribution in [1.82, 2.24) is 4.98 Å². The number of nitrogens with zero attached hydrogens (tertiary/aromatic N) is 1. The summed E-state index contributed by atoms with van der Waals surface area (Å²) in [6, 6.07) is 14.9. The van der Waals surface area contributed by atoms with Crippen molar-refractivity contribution >= 4 is 28.5 Å². The number of anilines is 1. The Morgan fingerprint density at radius 2 is 1.78 bits per heavy atom. The van der Waals surface area contributed by atoms with Crippen LogP contribution in [0.2, 0.25) is 0 Å². The molecule has 0 aliphatic carbocycles. The molecule has 5 nitrogen and oxygen atoms in total. The first-order valence-electron chi connectivity index (χ1n) is 8.80. The van der Waals surface area contributed by atoms with Crippen LogP contribution in [0.5, 0.6) is 0 Å². The summed E-state index contributed by atoms with van der Waals surface area (Å²) in [5, 5.41) is 3.53. The first-order chi connectivity index (χ1) is 12.8. The number of para-hydroxylation sites is 1. The molecule has 0 radical (unpaired) electrons. The summed E-state index contributed by atoms with van der Waals surface area (Å²) < 4.78 is 5.42. The van der Waals surface area contributed by atoms with Gasteiger partial charge in [-0.3, -0.25) is 9.78 Å². The number of nitrogens with one attached hydrogen (secondary N) is 1. The fraction of sp³-hybridized carbons (Fsp3) is 0.227. The van der Waals surface area contributed by atoms with Crippen LogP contribution in [0.3, 0.4) is 0 Å². The van der Waals surface area contributed by atoms with Crippen LogP contribution in [0, 0.1) is 20.8 Å². The van der Waals surface area contributed by atoms with Crippen LogP contribution in [0.15, 0.2) is 48.5 Å². The molecule has 0 spiro atoms. The number of hydrogen-bond donors (Lipinski definition) is 1. The van der Waals surface area contributed by atoms with Crippen LogP contribution in [-0.2, 0) is 9.53 Å². The molecule has 1 amide bonds. The zero-order chi connectivity index (χ0) is 19.6. The van der Waals surface area contributed by atoms with Crippen molar-refractivity contribution in [1.29, 1.82) is 0 Å². The highest BCUT2D eigenvalue weighted by Gasteiger charge is 2.21. The molecule has 0 unspecified atom stereocenters. The summed E-state index contributed by atoms with van der Waals surface area (Å²) in [6.45, 7) is 7.25. The fourth-order valence-electron chi connectivity index (χ4n) is 2.86. The molecule has 0 saturated carbocycles. The molecule has 138 valence electrons. The lowest BCUT2D eigenvalue weighted by Gasteiger charge is -2.16. The number of aromatic nitrogens is 1. The van der Waals surface area contributed by atoms with Crippen molar-refractivity contribution in [2.45, 2.75) is 33.8 Å². The Morgan fingerprint density at radius 3 is 2.56 bits per heavy atom. The minimum Gasteiger partial charge on any atom is -0.449 e. The van der Waals surface area contributed by atoms with Crippen LogP contribution in [-0.4, -0.2) is 23.0 Å². The number of hydrogen-bond acceptors (Lipinski definition) is 4. The maximum absolute atomic E-state index is 12.7. The summed E-state index contributed by atoms with van der Waals surface area (Å²) in [5.74, 6) is -0.910. The molecule has 0 aliphatic rings. The molecule has 1 atom stereocenters. The molecule has 5 heteroatoms. The molecule has 27 heavy (non-hydrogen) atoms. The molecule has 3 aromatic rings. The van der Waals surface area contributed by atoms with E-state index >= 15 is 0 Å². The topological polar surface area (TPSA) is 68.3 Å². The monoisotopic (exact) mass is 362 g/mol. The van der Waals surface area contributed by atoms with Gasteiger partial charge in [-0.15, -0.1) is 0 Å². The third-order valence-electron chi connectivity index (χ3n) is 4.37. The van der Waals surface area contributed by atoms with Gasteiger partial charge in [-0.2, -0.15) is 0 Å². The zero-order valence-electron chi connectivity index (χ0n) is 15.9. The molecular formula is C22H22N2O3. The van der Waals surface area contributed by atoms with Gasteiger partial charge in [-0.05, 0) is 57.0 Å². The van der Waals surface area contributed by atoms with Crippen molar-refractivity contribution in [3.05, 3.63) is 70.9 Å². The van der Waals surface area contributed by atoms with Crippen LogP contribution in [0.4, 0.5) is 5.69 Å². The Labute approximate surface area is 158 Å². The van der Waals surface area contributed by atoms with Gasteiger partial charge in [-0.1, -0.05) is 30.3 Å². The molecule has 2 aromatic carbocycles. The third kappa shape index (κ3) is 4.14. The highest BCUT2D eigenvalue weighted by molar-refractivity contribution is 6.05. The lowest BCUT2D eigenvalue weighted by molar-refractivity contribution is -0.123. The van der Waals surface area contributed by atoms with E-state index < -0.39 is 12.1 Å². The van der Waals surface area contributed by atoms with E-state index in [-0.39, 0.29) is 5.91 Å². The van der Waals surface area contributed by atoms with Gasteiger partial charge in [0.05, 0.1) is 11.1 Å². The molecule has 0 fully saturated rings. The average molecular weight is 362 g/mol. The highest BCUT2D eigenvalue weighted by Crippen LogP contribution is 2.20. The highest BCUT2D eigenvalue weighted by atomic mass is 16.5. The van der Waals surface area contributed by atoms with E-state index in [0.717, 1.165) is 16.6 Å². The quantitative estimate of drug-likeness (QED) is 0.701. The molecule has 0 aliphatic heterocycles. The molecule has 0 bridgehead atoms. The van der Waals surface area contributed by atoms with E-state index in [4.69, 9.17) is 4.74 Å². The van der Waals surface area contributed by atoms with Crippen LogP contribution in [0.1, 0.15) is 34.1 Å². The van der Waals surface area contributed by atoms with Gasteiger partial charge < -0.3 is 10.1 Å². The average Bonchev–Trinajstić information content (AvgIpc) is 2.63. The smallest absolute Gasteiger partial charge is 0.339 e. The molecule has 0 saturated heterocycles. The number of benzene rings is 2. The van der Waals surface area contributed by atoms with Crippen LogP contribution >= 0.6 is 0 Å². The van der Waals surface area contributed by atoms with Crippen molar-refractivity contribution in [3.63, 3.8) is 0 Å². The van der Waals surface area contributed by atoms with Crippen molar-refractivity contribution in [3.8, 4) is 0 Å². The van der Waals surface area contributed by atoms with E-state index in [1.54, 1.807) is 13.0 Å². The predicted molar refractivity (Wildman–Crippen MR) is 106 cm³/mol. The van der Waals surface area contributed by atoms with Crippen LogP contribution in [0.25, 0.3) is 10.9 Å². The van der Waals surface area contributed by atoms with E-state index in [9.17, 15) is 9.59 Å². The number of carbonyl (C=O) groups excluding carboxylic acids is 2. The van der Waals surface area contributed by atoms with Crippen molar-refractivity contribution in [2.24, 2.45) is 0 Å². The number of carbonyl (C=O) groups is 2. The lowest BCUT2D eigenvalue weighted by atomic mass is 10.1. The van der Waals surface area contributed by atoms with Gasteiger partial charge in [0.25, 0.3) is 5.91 Å². The minimum atomic E-state index is -0.926. The molecule has 1 heterocycles. The first-order valence-corrected chi connectivity index (χ1v) is 8.80. The minimum absolute atomic E-state index is 0.368. The number of aryl methyl sites for hydroxylation is 3. The number of rotatable bonds is 4. The van der Waals surface area contributed by atoms with Gasteiger partial charge in [-0.25, -0.2) is 4.79 Å². The van der Waals surface area contributed by atoms with Crippen molar-refractivity contribution in [2.75, 3.05) is 5.32 Å². The number of ether oxygens (including phenoxy) is 1. The maximum atomic E-state index is 12.7. The molecular weight excluding hydrogens is 340 g/mol. The largest absolute Gasteiger partial charge is 0.449 e. The lowest BCUT2D eigenvalue weighted by Crippen LogP contribution is -2.30. The molecule has 1 N–H and O–H groups in total. The summed E-state index contributed by atoms with van der Waals surface area (Å²) >= 11 is 0. The van der Waals surface area contributed by atoms with E-state index in [1.165, 1.54) is 0 Å². The number of pyridine rings is 1. The van der Waals surface area contributed by atoms with Gasteiger partial charge in [0.2, 0.25) is 0 Å². The normalized spacial score (nSPS) is 11.9. The number of amides is 1. The summed E-state index contributed by atoms with van der Waals surface area (Å²) in [7, 11) is 0. The Bertz CT molecular complexity index is 1030. The van der Waals surface area contributed by atoms with E-state index in [0.29, 0.717) is 22.3 Å². The SMILES string of the molecule is Cc1ccc(C)c(NC(=O)[C@H](C)OC(=O)c2cc(C)nc3ccccc23)c1. The van der Waals surface area contributed by atoms with Gasteiger partial charge in [0.15, 0.2) is 6.10 Å². The second-order valence-electron chi connectivity index (χ2n) is 6.68. The van der Waals surface area contributed by atoms with Gasteiger partial charge in [0.1, 0.15) is 0 Å². The number of fused-ring (bicyclic) bond motifs is 1. The first kappa shape index (κ1) is 18.6. The molecule has 1 aromatic heterocycles. The van der Waals surface area contributed by atoms with Crippen LogP contribution < -0.4 is 5.32 Å². The summed E-state index contributed by atoms with van der Waals surface area (Å²) in [6.07, 6.45) is -0.926. The summed E-state index contributed by atoms with van der Waals surface area (Å²) in [4.78, 5) is 29.6. The fourth-order valence-corrected chi connectivity index (χ4v) is 2.86. The Morgan fingerprint density at radius 1 is 1.04 bits per heavy atom. The Balaban J connectivity index is 1.78. The predicted octanol–water partition coefficient (Wildman–Crippen LogP) is 4.34. The third-order valence-corrected chi connectivity index (χ3v) is 4.37. The maximum Gasteiger partial charge on any atom is 0.339 e. The summed E-state index contributed by atoms with van der Waals surface area (Å²) in [5.41, 5.74) is 4.55. The Hall–Kier alpha value is -3.21. The van der Waals surface area contributed by atoms with Gasteiger partial charge >= 0.3 is 5.97 Å². The van der Waals surface area contributed by atoms with E-state index in [1.807, 2.05) is 63.2 Å². The molecule has 3 rings (SSSR count). The van der Waals surface area contributed by atoms with E-state index in [2.05, 4.69) is 10.3 Å². The second kappa shape index (κ2) is 7.58. The standard InChI is InChI=1S/C22H22N2O3/c1-13-9-10-14(2)20(11-13)24-21(25)16(4)27-22(26)18-12-15(3)23-19-8-6-5-7-17(18)19/h5-12,16H,1-4H3,(H,24,25)/t16-/m0/s1. The Kier molecular flexibility index (Phi) is 5.21.